The Morgan fingerprint density at radius 2 is 1.83 bits per heavy atom. The number of rotatable bonds is 7. The number of carbonyl (C=O) groups excluding carboxylic acids is 1. The molecule has 9 heteroatoms. The number of carbonyl (C=O) groups is 1. The summed E-state index contributed by atoms with van der Waals surface area (Å²) in [5.41, 5.74) is 0.256. The second-order valence-electron chi connectivity index (χ2n) is 6.80. The summed E-state index contributed by atoms with van der Waals surface area (Å²) in [5.74, 6) is -0.423. The fourth-order valence-corrected chi connectivity index (χ4v) is 4.44. The lowest BCUT2D eigenvalue weighted by atomic mass is 10.2. The largest absolute Gasteiger partial charge is 0.492 e. The Morgan fingerprint density at radius 1 is 1.10 bits per heavy atom. The number of ether oxygens (including phenoxy) is 1. The Labute approximate surface area is 170 Å². The molecule has 0 atom stereocenters. The molecule has 1 saturated heterocycles. The lowest BCUT2D eigenvalue weighted by Gasteiger charge is -2.31. The van der Waals surface area contributed by atoms with E-state index in [0.717, 1.165) is 0 Å². The van der Waals surface area contributed by atoms with E-state index in [0.29, 0.717) is 31.9 Å². The summed E-state index contributed by atoms with van der Waals surface area (Å²) in [6, 6.07) is 11.7. The molecular weight excluding hydrogens is 397 g/mol. The van der Waals surface area contributed by atoms with Crippen molar-refractivity contribution in [3.63, 3.8) is 0 Å². The average Bonchev–Trinajstić information content (AvgIpc) is 2.71. The molecule has 1 fully saturated rings. The SMILES string of the molecule is CN1CCN(S(=O)(=O)c2cccc(C(=O)NCCOc3cccc(F)c3)c2)CC1. The van der Waals surface area contributed by atoms with Crippen LogP contribution in [0.4, 0.5) is 4.39 Å². The minimum absolute atomic E-state index is 0.103. The van der Waals surface area contributed by atoms with Crippen LogP contribution in [-0.4, -0.2) is 69.9 Å². The molecule has 2 aromatic rings. The fourth-order valence-electron chi connectivity index (χ4n) is 2.97. The van der Waals surface area contributed by atoms with Gasteiger partial charge in [0.2, 0.25) is 10.0 Å². The molecular formula is C20H24FN3O4S. The monoisotopic (exact) mass is 421 g/mol. The smallest absolute Gasteiger partial charge is 0.251 e. The van der Waals surface area contributed by atoms with E-state index in [1.807, 2.05) is 7.05 Å². The lowest BCUT2D eigenvalue weighted by molar-refractivity contribution is 0.0946. The molecule has 3 rings (SSSR count). The van der Waals surface area contributed by atoms with Gasteiger partial charge in [-0.15, -0.1) is 0 Å². The van der Waals surface area contributed by atoms with E-state index in [2.05, 4.69) is 10.2 Å². The predicted octanol–water partition coefficient (Wildman–Crippen LogP) is 1.57. The molecule has 0 saturated carbocycles. The molecule has 2 aromatic carbocycles. The van der Waals surface area contributed by atoms with Gasteiger partial charge in [0.15, 0.2) is 0 Å². The minimum atomic E-state index is -3.64. The van der Waals surface area contributed by atoms with E-state index in [-0.39, 0.29) is 23.6 Å². The standard InChI is InChI=1S/C20H24FN3O4S/c1-23-9-11-24(12-10-23)29(26,27)19-7-2-4-16(14-19)20(25)22-8-13-28-18-6-3-5-17(21)15-18/h2-7,14-15H,8-13H2,1H3,(H,22,25). The fraction of sp³-hybridized carbons (Fsp3) is 0.350. The number of piperazine rings is 1. The first-order chi connectivity index (χ1) is 13.9. The molecule has 1 aliphatic heterocycles. The molecule has 1 aliphatic rings. The quantitative estimate of drug-likeness (QED) is 0.687. The van der Waals surface area contributed by atoms with Crippen LogP contribution in [0.15, 0.2) is 53.4 Å². The molecule has 0 spiro atoms. The number of halogens is 1. The Balaban J connectivity index is 1.57. The third-order valence-electron chi connectivity index (χ3n) is 4.65. The number of hydrogen-bond acceptors (Lipinski definition) is 5. The Kier molecular flexibility index (Phi) is 6.83. The van der Waals surface area contributed by atoms with Crippen LogP contribution >= 0.6 is 0 Å². The molecule has 0 unspecified atom stereocenters. The summed E-state index contributed by atoms with van der Waals surface area (Å²) in [5, 5.41) is 2.68. The Hall–Kier alpha value is -2.49. The number of benzene rings is 2. The molecule has 1 amide bonds. The third kappa shape index (κ3) is 5.53. The van der Waals surface area contributed by atoms with Crippen molar-refractivity contribution in [2.24, 2.45) is 0 Å². The second-order valence-corrected chi connectivity index (χ2v) is 8.73. The maximum Gasteiger partial charge on any atom is 0.251 e. The van der Waals surface area contributed by atoms with Crippen LogP contribution in [0.5, 0.6) is 5.75 Å². The number of nitrogens with one attached hydrogen (secondary N) is 1. The topological polar surface area (TPSA) is 79.0 Å². The summed E-state index contributed by atoms with van der Waals surface area (Å²) < 4.78 is 45.6. The lowest BCUT2D eigenvalue weighted by Crippen LogP contribution is -2.47. The maximum atomic E-state index is 13.1. The zero-order valence-corrected chi connectivity index (χ0v) is 17.0. The van der Waals surface area contributed by atoms with Gasteiger partial charge < -0.3 is 15.0 Å². The Bertz CT molecular complexity index is 960. The summed E-state index contributed by atoms with van der Waals surface area (Å²) in [6.07, 6.45) is 0. The van der Waals surface area contributed by atoms with Gasteiger partial charge in [-0.25, -0.2) is 12.8 Å². The molecule has 156 valence electrons. The van der Waals surface area contributed by atoms with E-state index in [1.165, 1.54) is 34.6 Å². The zero-order valence-electron chi connectivity index (χ0n) is 16.2. The van der Waals surface area contributed by atoms with E-state index in [9.17, 15) is 17.6 Å². The van der Waals surface area contributed by atoms with Gasteiger partial charge in [-0.2, -0.15) is 4.31 Å². The highest BCUT2D eigenvalue weighted by atomic mass is 32.2. The van der Waals surface area contributed by atoms with Crippen LogP contribution in [0, 0.1) is 5.82 Å². The van der Waals surface area contributed by atoms with Crippen LogP contribution < -0.4 is 10.1 Å². The zero-order chi connectivity index (χ0) is 20.9. The van der Waals surface area contributed by atoms with Crippen LogP contribution in [-0.2, 0) is 10.0 Å². The summed E-state index contributed by atoms with van der Waals surface area (Å²) in [4.78, 5) is 14.5. The highest BCUT2D eigenvalue weighted by Crippen LogP contribution is 2.18. The predicted molar refractivity (Wildman–Crippen MR) is 107 cm³/mol. The molecule has 29 heavy (non-hydrogen) atoms. The summed E-state index contributed by atoms with van der Waals surface area (Å²) in [6.45, 7) is 2.55. The Morgan fingerprint density at radius 3 is 2.55 bits per heavy atom. The van der Waals surface area contributed by atoms with Gasteiger partial charge in [0.05, 0.1) is 11.4 Å². The molecule has 0 aliphatic carbocycles. The third-order valence-corrected chi connectivity index (χ3v) is 6.54. The van der Waals surface area contributed by atoms with Gasteiger partial charge in [-0.05, 0) is 37.4 Å². The van der Waals surface area contributed by atoms with E-state index in [1.54, 1.807) is 18.2 Å². The van der Waals surface area contributed by atoms with Crippen LogP contribution in [0.3, 0.4) is 0 Å². The van der Waals surface area contributed by atoms with Crippen molar-refractivity contribution in [3.8, 4) is 5.75 Å². The molecule has 0 aromatic heterocycles. The number of sulfonamides is 1. The van der Waals surface area contributed by atoms with Crippen molar-refractivity contribution in [1.82, 2.24) is 14.5 Å². The normalized spacial score (nSPS) is 15.8. The van der Waals surface area contributed by atoms with Crippen molar-refractivity contribution < 1.29 is 22.3 Å². The number of amides is 1. The van der Waals surface area contributed by atoms with E-state index < -0.39 is 21.7 Å². The number of likely N-dealkylation sites (N-methyl/N-ethyl adjacent to an activating group) is 1. The van der Waals surface area contributed by atoms with E-state index >= 15 is 0 Å². The van der Waals surface area contributed by atoms with Gasteiger partial charge in [0.25, 0.3) is 5.91 Å². The minimum Gasteiger partial charge on any atom is -0.492 e. The average molecular weight is 421 g/mol. The molecule has 7 nitrogen and oxygen atoms in total. The van der Waals surface area contributed by atoms with Crippen LogP contribution in [0.2, 0.25) is 0 Å². The number of nitrogens with zero attached hydrogens (tertiary/aromatic N) is 2. The number of hydrogen-bond donors (Lipinski definition) is 1. The van der Waals surface area contributed by atoms with Gasteiger partial charge in [0, 0.05) is 37.8 Å². The van der Waals surface area contributed by atoms with Crippen molar-refractivity contribution in [2.45, 2.75) is 4.90 Å². The van der Waals surface area contributed by atoms with Crippen molar-refractivity contribution in [3.05, 3.63) is 59.9 Å². The maximum absolute atomic E-state index is 13.1. The highest BCUT2D eigenvalue weighted by Gasteiger charge is 2.27. The van der Waals surface area contributed by atoms with Gasteiger partial charge in [0.1, 0.15) is 18.2 Å². The molecule has 0 bridgehead atoms. The van der Waals surface area contributed by atoms with Gasteiger partial charge >= 0.3 is 0 Å². The first-order valence-corrected chi connectivity index (χ1v) is 10.8. The van der Waals surface area contributed by atoms with Gasteiger partial charge in [-0.1, -0.05) is 12.1 Å². The first kappa shape index (κ1) is 21.2. The highest BCUT2D eigenvalue weighted by molar-refractivity contribution is 7.89. The first-order valence-electron chi connectivity index (χ1n) is 9.31. The van der Waals surface area contributed by atoms with Crippen molar-refractivity contribution in [2.75, 3.05) is 46.4 Å². The second kappa shape index (κ2) is 9.34. The van der Waals surface area contributed by atoms with Crippen LogP contribution in [0.1, 0.15) is 10.4 Å². The van der Waals surface area contributed by atoms with E-state index in [4.69, 9.17) is 4.74 Å². The molecule has 0 radical (unpaired) electrons. The molecule has 1 heterocycles. The van der Waals surface area contributed by atoms with Gasteiger partial charge in [-0.3, -0.25) is 4.79 Å². The summed E-state index contributed by atoms with van der Waals surface area (Å²) in [7, 11) is -1.69. The molecule has 1 N–H and O–H groups in total. The van der Waals surface area contributed by atoms with Crippen LogP contribution in [0.25, 0.3) is 0 Å². The van der Waals surface area contributed by atoms with Crippen molar-refractivity contribution in [1.29, 1.82) is 0 Å². The summed E-state index contributed by atoms with van der Waals surface area (Å²) >= 11 is 0. The van der Waals surface area contributed by atoms with Crippen molar-refractivity contribution >= 4 is 15.9 Å².